The predicted octanol–water partition coefficient (Wildman–Crippen LogP) is 3.74. The molecule has 2 rings (SSSR count). The summed E-state index contributed by atoms with van der Waals surface area (Å²) >= 11 is 11.9. The predicted molar refractivity (Wildman–Crippen MR) is 106 cm³/mol. The quantitative estimate of drug-likeness (QED) is 0.357. The molecule has 1 heterocycles. The van der Waals surface area contributed by atoms with Crippen LogP contribution in [0.3, 0.4) is 0 Å². The molecule has 0 aromatic heterocycles. The number of amides is 1. The van der Waals surface area contributed by atoms with Crippen molar-refractivity contribution in [2.24, 2.45) is 0 Å². The second-order valence-electron chi connectivity index (χ2n) is 4.41. The lowest BCUT2D eigenvalue weighted by atomic mass is 10.2. The van der Waals surface area contributed by atoms with Gasteiger partial charge in [-0.15, -0.1) is 0 Å². The summed E-state index contributed by atoms with van der Waals surface area (Å²) < 4.78 is 7.42. The van der Waals surface area contributed by atoms with Gasteiger partial charge in [0.2, 0.25) is 0 Å². The molecular formula is C14H11BrINO4S2. The van der Waals surface area contributed by atoms with Crippen LogP contribution >= 0.6 is 62.5 Å². The van der Waals surface area contributed by atoms with Gasteiger partial charge in [-0.1, -0.05) is 24.0 Å². The maximum Gasteiger partial charge on any atom is 0.341 e. The highest BCUT2D eigenvalue weighted by Gasteiger charge is 2.31. The summed E-state index contributed by atoms with van der Waals surface area (Å²) in [6.07, 6.45) is 1.68. The van der Waals surface area contributed by atoms with Crippen molar-refractivity contribution >= 4 is 84.8 Å². The second kappa shape index (κ2) is 7.95. The largest absolute Gasteiger partial charge is 0.480 e. The first-order valence-electron chi connectivity index (χ1n) is 6.42. The van der Waals surface area contributed by atoms with Crippen LogP contribution in [0.2, 0.25) is 0 Å². The molecule has 1 saturated heterocycles. The number of benzene rings is 1. The van der Waals surface area contributed by atoms with E-state index >= 15 is 0 Å². The highest BCUT2D eigenvalue weighted by molar-refractivity contribution is 14.1. The van der Waals surface area contributed by atoms with Gasteiger partial charge in [0.15, 0.2) is 6.61 Å². The number of carbonyl (C=O) groups excluding carboxylic acids is 1. The molecule has 0 spiro atoms. The van der Waals surface area contributed by atoms with Crippen LogP contribution < -0.4 is 4.74 Å². The fourth-order valence-corrected chi connectivity index (χ4v) is 4.93. The van der Waals surface area contributed by atoms with E-state index in [1.165, 1.54) is 16.7 Å². The maximum atomic E-state index is 12.3. The van der Waals surface area contributed by atoms with Gasteiger partial charge < -0.3 is 9.84 Å². The molecule has 0 unspecified atom stereocenters. The second-order valence-corrected chi connectivity index (χ2v) is 8.19. The van der Waals surface area contributed by atoms with Gasteiger partial charge in [0.1, 0.15) is 10.1 Å². The van der Waals surface area contributed by atoms with Gasteiger partial charge in [0, 0.05) is 15.7 Å². The summed E-state index contributed by atoms with van der Waals surface area (Å²) in [5.41, 5.74) is 0.627. The number of thiocarbonyl (C=S) groups is 1. The molecule has 0 radical (unpaired) electrons. The summed E-state index contributed by atoms with van der Waals surface area (Å²) in [5, 5.41) is 8.80. The van der Waals surface area contributed by atoms with Gasteiger partial charge in [-0.2, -0.15) is 0 Å². The molecule has 0 bridgehead atoms. The Bertz CT molecular complexity index is 723. The molecule has 122 valence electrons. The van der Waals surface area contributed by atoms with E-state index in [0.717, 1.165) is 3.57 Å². The average Bonchev–Trinajstić information content (AvgIpc) is 2.71. The fourth-order valence-electron chi connectivity index (χ4n) is 1.89. The van der Waals surface area contributed by atoms with Gasteiger partial charge >= 0.3 is 5.97 Å². The lowest BCUT2D eigenvalue weighted by molar-refractivity contribution is -0.139. The monoisotopic (exact) mass is 527 g/mol. The first-order chi connectivity index (χ1) is 10.8. The van der Waals surface area contributed by atoms with Crippen molar-refractivity contribution in [2.45, 2.75) is 6.92 Å². The molecule has 0 aliphatic carbocycles. The summed E-state index contributed by atoms with van der Waals surface area (Å²) in [4.78, 5) is 25.1. The Morgan fingerprint density at radius 3 is 2.83 bits per heavy atom. The third kappa shape index (κ3) is 4.46. The summed E-state index contributed by atoms with van der Waals surface area (Å²) in [5.74, 6) is -0.838. The average molecular weight is 528 g/mol. The first kappa shape index (κ1) is 18.7. The third-order valence-electron chi connectivity index (χ3n) is 2.85. The van der Waals surface area contributed by atoms with Crippen LogP contribution in [0.4, 0.5) is 0 Å². The summed E-state index contributed by atoms with van der Waals surface area (Å²) in [6, 6.07) is 3.63. The number of nitrogens with zero attached hydrogens (tertiary/aromatic N) is 1. The zero-order valence-electron chi connectivity index (χ0n) is 11.8. The van der Waals surface area contributed by atoms with Crippen molar-refractivity contribution in [1.82, 2.24) is 4.90 Å². The first-order valence-corrected chi connectivity index (χ1v) is 9.52. The summed E-state index contributed by atoms with van der Waals surface area (Å²) in [6.45, 7) is 1.91. The van der Waals surface area contributed by atoms with Gasteiger partial charge in [0.05, 0.1) is 9.38 Å². The number of ether oxygens (including phenoxy) is 1. The maximum absolute atomic E-state index is 12.3. The zero-order valence-corrected chi connectivity index (χ0v) is 17.2. The minimum atomic E-state index is -1.07. The van der Waals surface area contributed by atoms with Crippen molar-refractivity contribution in [3.8, 4) is 5.75 Å². The van der Waals surface area contributed by atoms with Gasteiger partial charge in [-0.3, -0.25) is 9.69 Å². The van der Waals surface area contributed by atoms with Crippen LogP contribution in [0.15, 0.2) is 21.5 Å². The third-order valence-corrected chi connectivity index (χ3v) is 5.44. The Morgan fingerprint density at radius 2 is 2.26 bits per heavy atom. The lowest BCUT2D eigenvalue weighted by Crippen LogP contribution is -2.27. The molecule has 1 aliphatic rings. The molecule has 0 saturated carbocycles. The SMILES string of the molecule is CCN1C(=O)/C(=C/c2cc(I)cc(Br)c2OCC(=O)O)SC1=S. The molecule has 1 amide bonds. The normalized spacial score (nSPS) is 16.3. The number of thioether (sulfide) groups is 1. The molecule has 1 N–H and O–H groups in total. The van der Waals surface area contributed by atoms with Gasteiger partial charge in [0.25, 0.3) is 5.91 Å². The van der Waals surface area contributed by atoms with Crippen LogP contribution in [-0.4, -0.2) is 39.4 Å². The van der Waals surface area contributed by atoms with E-state index in [1.807, 2.05) is 19.1 Å². The van der Waals surface area contributed by atoms with E-state index in [9.17, 15) is 9.59 Å². The standard InChI is InChI=1S/C14H11BrINO4S2/c1-2-17-13(20)10(23-14(17)22)4-7-3-8(16)5-9(15)12(7)21-6-11(18)19/h3-5H,2,6H2,1H3,(H,18,19)/b10-4-. The number of hydrogen-bond donors (Lipinski definition) is 1. The molecular weight excluding hydrogens is 517 g/mol. The highest BCUT2D eigenvalue weighted by atomic mass is 127. The number of carbonyl (C=O) groups is 2. The number of carboxylic acid groups (broad SMARTS) is 1. The van der Waals surface area contributed by atoms with E-state index < -0.39 is 12.6 Å². The van der Waals surface area contributed by atoms with Crippen molar-refractivity contribution in [2.75, 3.05) is 13.2 Å². The zero-order chi connectivity index (χ0) is 17.1. The van der Waals surface area contributed by atoms with Crippen LogP contribution in [0.1, 0.15) is 12.5 Å². The minimum Gasteiger partial charge on any atom is -0.480 e. The van der Waals surface area contributed by atoms with Gasteiger partial charge in [-0.25, -0.2) is 4.79 Å². The number of rotatable bonds is 5. The fraction of sp³-hybridized carbons (Fsp3) is 0.214. The van der Waals surface area contributed by atoms with Crippen molar-refractivity contribution < 1.29 is 19.4 Å². The number of aliphatic carboxylic acids is 1. The Kier molecular flexibility index (Phi) is 6.46. The summed E-state index contributed by atoms with van der Waals surface area (Å²) in [7, 11) is 0. The van der Waals surface area contributed by atoms with Crippen LogP contribution in [0.25, 0.3) is 6.08 Å². The van der Waals surface area contributed by atoms with Crippen LogP contribution in [0, 0.1) is 3.57 Å². The van der Waals surface area contributed by atoms with Crippen LogP contribution in [-0.2, 0) is 9.59 Å². The number of hydrogen-bond acceptors (Lipinski definition) is 5. The smallest absolute Gasteiger partial charge is 0.341 e. The van der Waals surface area contributed by atoms with Gasteiger partial charge in [-0.05, 0) is 63.7 Å². The van der Waals surface area contributed by atoms with E-state index in [2.05, 4.69) is 38.5 Å². The molecule has 5 nitrogen and oxygen atoms in total. The topological polar surface area (TPSA) is 66.8 Å². The molecule has 1 aliphatic heterocycles. The Hall–Kier alpha value is -0.650. The van der Waals surface area contributed by atoms with E-state index in [-0.39, 0.29) is 5.91 Å². The molecule has 1 fully saturated rings. The van der Waals surface area contributed by atoms with Crippen molar-refractivity contribution in [1.29, 1.82) is 0 Å². The highest BCUT2D eigenvalue weighted by Crippen LogP contribution is 2.37. The number of halogens is 2. The van der Waals surface area contributed by atoms with E-state index in [4.69, 9.17) is 22.1 Å². The Morgan fingerprint density at radius 1 is 1.57 bits per heavy atom. The molecule has 0 atom stereocenters. The van der Waals surface area contributed by atoms with E-state index in [1.54, 1.807) is 6.08 Å². The molecule has 23 heavy (non-hydrogen) atoms. The molecule has 1 aromatic rings. The van der Waals surface area contributed by atoms with Crippen molar-refractivity contribution in [3.63, 3.8) is 0 Å². The Balaban J connectivity index is 2.42. The molecule has 1 aromatic carbocycles. The Labute approximate surface area is 164 Å². The lowest BCUT2D eigenvalue weighted by Gasteiger charge is -2.11. The van der Waals surface area contributed by atoms with Crippen molar-refractivity contribution in [3.05, 3.63) is 30.6 Å². The van der Waals surface area contributed by atoms with E-state index in [0.29, 0.717) is 31.6 Å². The van der Waals surface area contributed by atoms with Crippen LogP contribution in [0.5, 0.6) is 5.75 Å². The molecule has 9 heteroatoms. The number of carboxylic acids is 1. The minimum absolute atomic E-state index is 0.151. The number of likely N-dealkylation sites (N-methyl/N-ethyl adjacent to an activating group) is 1.